The van der Waals surface area contributed by atoms with Crippen LogP contribution in [0, 0.1) is 12.3 Å². The molecular weight excluding hydrogens is 316 g/mol. The van der Waals surface area contributed by atoms with Gasteiger partial charge in [0.15, 0.2) is 0 Å². The second-order valence-electron chi connectivity index (χ2n) is 7.77. The predicted molar refractivity (Wildman–Crippen MR) is 97.1 cm³/mol. The second kappa shape index (κ2) is 6.50. The lowest BCUT2D eigenvalue weighted by molar-refractivity contribution is -0.144. The summed E-state index contributed by atoms with van der Waals surface area (Å²) in [5.74, 6) is 1.14. The lowest BCUT2D eigenvalue weighted by Gasteiger charge is -2.37. The van der Waals surface area contributed by atoms with Gasteiger partial charge < -0.3 is 14.8 Å². The van der Waals surface area contributed by atoms with Crippen LogP contribution in [0.3, 0.4) is 0 Å². The number of carbonyl (C=O) groups is 2. The van der Waals surface area contributed by atoms with Crippen LogP contribution in [-0.2, 0) is 16.0 Å². The molecule has 25 heavy (non-hydrogen) atoms. The van der Waals surface area contributed by atoms with E-state index in [0.717, 1.165) is 22.4 Å². The van der Waals surface area contributed by atoms with Gasteiger partial charge in [-0.15, -0.1) is 0 Å². The Kier molecular flexibility index (Phi) is 4.54. The van der Waals surface area contributed by atoms with Crippen LogP contribution in [0.2, 0.25) is 0 Å². The lowest BCUT2D eigenvalue weighted by Crippen LogP contribution is -2.53. The van der Waals surface area contributed by atoms with E-state index < -0.39 is 0 Å². The third-order valence-corrected chi connectivity index (χ3v) is 4.58. The highest BCUT2D eigenvalue weighted by atomic mass is 16.2. The zero-order chi connectivity index (χ0) is 18.2. The average Bonchev–Trinajstić information content (AvgIpc) is 2.92. The molecule has 1 N–H and O–H groups in total. The molecule has 1 saturated heterocycles. The number of aromatic nitrogens is 2. The maximum atomic E-state index is 12.6. The Balaban J connectivity index is 1.59. The summed E-state index contributed by atoms with van der Waals surface area (Å²) in [6.07, 6.45) is 0.376. The van der Waals surface area contributed by atoms with E-state index in [1.807, 2.05) is 55.7 Å². The van der Waals surface area contributed by atoms with Gasteiger partial charge in [0.25, 0.3) is 0 Å². The lowest BCUT2D eigenvalue weighted by atomic mass is 9.94. The zero-order valence-electron chi connectivity index (χ0n) is 15.4. The molecule has 0 unspecified atom stereocenters. The number of hydrogen-bond donors (Lipinski definition) is 1. The molecule has 0 bridgehead atoms. The number of aromatic amines is 1. The first-order valence-corrected chi connectivity index (χ1v) is 8.76. The Hall–Kier alpha value is -2.37. The van der Waals surface area contributed by atoms with E-state index >= 15 is 0 Å². The fourth-order valence-corrected chi connectivity index (χ4v) is 3.21. The summed E-state index contributed by atoms with van der Waals surface area (Å²) in [4.78, 5) is 36.2. The number of rotatable bonds is 2. The third kappa shape index (κ3) is 3.83. The molecule has 0 atom stereocenters. The molecule has 2 aromatic rings. The number of nitrogens with zero attached hydrogens (tertiary/aromatic N) is 3. The monoisotopic (exact) mass is 342 g/mol. The summed E-state index contributed by atoms with van der Waals surface area (Å²) in [5.41, 5.74) is 2.49. The molecule has 0 saturated carbocycles. The Morgan fingerprint density at radius 3 is 2.40 bits per heavy atom. The third-order valence-electron chi connectivity index (χ3n) is 4.58. The number of aryl methyl sites for hydroxylation is 1. The van der Waals surface area contributed by atoms with Crippen molar-refractivity contribution in [2.24, 2.45) is 5.41 Å². The summed E-state index contributed by atoms with van der Waals surface area (Å²) >= 11 is 0. The fourth-order valence-electron chi connectivity index (χ4n) is 3.21. The molecule has 0 aliphatic carbocycles. The van der Waals surface area contributed by atoms with Gasteiger partial charge >= 0.3 is 0 Å². The van der Waals surface area contributed by atoms with Gasteiger partial charge in [-0.25, -0.2) is 4.98 Å². The molecule has 1 fully saturated rings. The van der Waals surface area contributed by atoms with Crippen LogP contribution in [-0.4, -0.2) is 57.8 Å². The van der Waals surface area contributed by atoms with Gasteiger partial charge in [0.1, 0.15) is 5.82 Å². The first kappa shape index (κ1) is 17.5. The van der Waals surface area contributed by atoms with Crippen LogP contribution in [0.15, 0.2) is 18.2 Å². The molecule has 1 aliphatic heterocycles. The van der Waals surface area contributed by atoms with Crippen LogP contribution in [0.4, 0.5) is 0 Å². The van der Waals surface area contributed by atoms with Gasteiger partial charge in [-0.05, 0) is 24.6 Å². The molecule has 0 radical (unpaired) electrons. The minimum absolute atomic E-state index is 0.110. The van der Waals surface area contributed by atoms with Crippen molar-refractivity contribution in [2.45, 2.75) is 34.1 Å². The Bertz CT molecular complexity index is 795. The quantitative estimate of drug-likeness (QED) is 0.909. The number of H-pyrrole nitrogens is 1. The van der Waals surface area contributed by atoms with Crippen LogP contribution >= 0.6 is 0 Å². The van der Waals surface area contributed by atoms with E-state index in [4.69, 9.17) is 0 Å². The zero-order valence-corrected chi connectivity index (χ0v) is 15.4. The summed E-state index contributed by atoms with van der Waals surface area (Å²) in [6, 6.07) is 5.90. The SMILES string of the molecule is Cc1nc2ccc(CC(=O)N3CCN(C(=O)C(C)(C)C)CC3)cc2[nH]1. The van der Waals surface area contributed by atoms with Crippen LogP contribution in [0.25, 0.3) is 11.0 Å². The van der Waals surface area contributed by atoms with Crippen molar-refractivity contribution in [3.05, 3.63) is 29.6 Å². The van der Waals surface area contributed by atoms with E-state index in [1.165, 1.54) is 0 Å². The van der Waals surface area contributed by atoms with Crippen LogP contribution in [0.1, 0.15) is 32.2 Å². The number of carbonyl (C=O) groups excluding carboxylic acids is 2. The first-order valence-electron chi connectivity index (χ1n) is 8.76. The minimum atomic E-state index is -0.371. The number of benzene rings is 1. The molecular formula is C19H26N4O2. The van der Waals surface area contributed by atoms with Crippen molar-refractivity contribution in [1.29, 1.82) is 0 Å². The predicted octanol–water partition coefficient (Wildman–Crippen LogP) is 2.13. The largest absolute Gasteiger partial charge is 0.342 e. The Morgan fingerprint density at radius 1 is 1.12 bits per heavy atom. The second-order valence-corrected chi connectivity index (χ2v) is 7.77. The van der Waals surface area contributed by atoms with E-state index in [2.05, 4.69) is 9.97 Å². The van der Waals surface area contributed by atoms with Crippen LogP contribution < -0.4 is 0 Å². The van der Waals surface area contributed by atoms with E-state index in [0.29, 0.717) is 32.6 Å². The van der Waals surface area contributed by atoms with Crippen molar-refractivity contribution in [2.75, 3.05) is 26.2 Å². The van der Waals surface area contributed by atoms with Crippen molar-refractivity contribution in [1.82, 2.24) is 19.8 Å². The maximum absolute atomic E-state index is 12.6. The minimum Gasteiger partial charge on any atom is -0.342 e. The van der Waals surface area contributed by atoms with Crippen LogP contribution in [0.5, 0.6) is 0 Å². The van der Waals surface area contributed by atoms with Crippen molar-refractivity contribution >= 4 is 22.8 Å². The molecule has 0 spiro atoms. The van der Waals surface area contributed by atoms with Crippen molar-refractivity contribution in [3.8, 4) is 0 Å². The topological polar surface area (TPSA) is 69.3 Å². The molecule has 2 heterocycles. The molecule has 1 aliphatic rings. The van der Waals surface area contributed by atoms with Gasteiger partial charge in [0.05, 0.1) is 17.5 Å². The highest BCUT2D eigenvalue weighted by molar-refractivity contribution is 5.83. The fraction of sp³-hybridized carbons (Fsp3) is 0.526. The van der Waals surface area contributed by atoms with Gasteiger partial charge in [-0.3, -0.25) is 9.59 Å². The van der Waals surface area contributed by atoms with E-state index in [1.54, 1.807) is 0 Å². The summed E-state index contributed by atoms with van der Waals surface area (Å²) in [7, 11) is 0. The average molecular weight is 342 g/mol. The van der Waals surface area contributed by atoms with Gasteiger partial charge in [0, 0.05) is 31.6 Å². The number of imidazole rings is 1. The van der Waals surface area contributed by atoms with Crippen molar-refractivity contribution in [3.63, 3.8) is 0 Å². The molecule has 6 nitrogen and oxygen atoms in total. The maximum Gasteiger partial charge on any atom is 0.228 e. The molecule has 2 amide bonds. The molecule has 1 aromatic heterocycles. The highest BCUT2D eigenvalue weighted by Crippen LogP contribution is 2.19. The van der Waals surface area contributed by atoms with Gasteiger partial charge in [0.2, 0.25) is 11.8 Å². The molecule has 134 valence electrons. The summed E-state index contributed by atoms with van der Waals surface area (Å²) < 4.78 is 0. The number of nitrogens with one attached hydrogen (secondary N) is 1. The van der Waals surface area contributed by atoms with E-state index in [9.17, 15) is 9.59 Å². The number of hydrogen-bond acceptors (Lipinski definition) is 3. The smallest absolute Gasteiger partial charge is 0.228 e. The number of piperazine rings is 1. The molecule has 6 heteroatoms. The van der Waals surface area contributed by atoms with Crippen molar-refractivity contribution < 1.29 is 9.59 Å². The van der Waals surface area contributed by atoms with E-state index in [-0.39, 0.29) is 17.2 Å². The standard InChI is InChI=1S/C19H26N4O2/c1-13-20-15-6-5-14(11-16(15)21-13)12-17(24)22-7-9-23(10-8-22)18(25)19(2,3)4/h5-6,11H,7-10,12H2,1-4H3,(H,20,21). The number of fused-ring (bicyclic) bond motifs is 1. The Morgan fingerprint density at radius 2 is 1.76 bits per heavy atom. The summed E-state index contributed by atoms with van der Waals surface area (Å²) in [5, 5.41) is 0. The Labute approximate surface area is 148 Å². The molecule has 3 rings (SSSR count). The normalized spacial score (nSPS) is 15.7. The number of amides is 2. The highest BCUT2D eigenvalue weighted by Gasteiger charge is 2.30. The first-order chi connectivity index (χ1) is 11.7. The van der Waals surface area contributed by atoms with Gasteiger partial charge in [-0.1, -0.05) is 26.8 Å². The molecule has 1 aromatic carbocycles. The summed E-state index contributed by atoms with van der Waals surface area (Å²) in [6.45, 7) is 10.1. The van der Waals surface area contributed by atoms with Gasteiger partial charge in [-0.2, -0.15) is 0 Å².